The van der Waals surface area contributed by atoms with Crippen LogP contribution >= 0.6 is 0 Å². The fourth-order valence-electron chi connectivity index (χ4n) is 2.95. The molecule has 0 radical (unpaired) electrons. The van der Waals surface area contributed by atoms with E-state index in [0.29, 0.717) is 25.4 Å². The largest absolute Gasteiger partial charge is 0.497 e. The van der Waals surface area contributed by atoms with E-state index in [-0.39, 0.29) is 11.0 Å². The Hall–Kier alpha value is -1.93. The third kappa shape index (κ3) is 4.82. The molecule has 0 aliphatic carbocycles. The SMILES string of the molecule is COc1ccc(S(=O)(=O)NCCN2CCO[C@H](c3ccccc3)C2)cc1. The molecule has 1 fully saturated rings. The van der Waals surface area contributed by atoms with Gasteiger partial charge < -0.3 is 9.47 Å². The summed E-state index contributed by atoms with van der Waals surface area (Å²) in [6.45, 7) is 3.20. The van der Waals surface area contributed by atoms with Crippen LogP contribution in [0.15, 0.2) is 59.5 Å². The Morgan fingerprint density at radius 1 is 1.15 bits per heavy atom. The van der Waals surface area contributed by atoms with Gasteiger partial charge in [-0.25, -0.2) is 13.1 Å². The second-order valence-electron chi connectivity index (χ2n) is 6.14. The molecule has 26 heavy (non-hydrogen) atoms. The fourth-order valence-corrected chi connectivity index (χ4v) is 3.97. The third-order valence-electron chi connectivity index (χ3n) is 4.41. The van der Waals surface area contributed by atoms with E-state index < -0.39 is 10.0 Å². The lowest BCUT2D eigenvalue weighted by Crippen LogP contribution is -2.42. The quantitative estimate of drug-likeness (QED) is 0.801. The van der Waals surface area contributed by atoms with Crippen molar-refractivity contribution in [2.24, 2.45) is 0 Å². The van der Waals surface area contributed by atoms with E-state index in [1.807, 2.05) is 18.2 Å². The Morgan fingerprint density at radius 2 is 1.88 bits per heavy atom. The second kappa shape index (κ2) is 8.64. The minimum Gasteiger partial charge on any atom is -0.497 e. The van der Waals surface area contributed by atoms with Crippen LogP contribution in [-0.4, -0.2) is 53.2 Å². The molecule has 0 spiro atoms. The van der Waals surface area contributed by atoms with Crippen LogP contribution in [0, 0.1) is 0 Å². The Balaban J connectivity index is 1.52. The highest BCUT2D eigenvalue weighted by atomic mass is 32.2. The number of nitrogens with zero attached hydrogens (tertiary/aromatic N) is 1. The van der Waals surface area contributed by atoms with Gasteiger partial charge in [-0.1, -0.05) is 30.3 Å². The van der Waals surface area contributed by atoms with Gasteiger partial charge in [0.1, 0.15) is 5.75 Å². The van der Waals surface area contributed by atoms with E-state index in [4.69, 9.17) is 9.47 Å². The second-order valence-corrected chi connectivity index (χ2v) is 7.91. The van der Waals surface area contributed by atoms with Gasteiger partial charge in [0.15, 0.2) is 0 Å². The molecular formula is C19H24N2O4S. The van der Waals surface area contributed by atoms with Crippen LogP contribution in [0.5, 0.6) is 5.75 Å². The van der Waals surface area contributed by atoms with Crippen LogP contribution < -0.4 is 9.46 Å². The van der Waals surface area contributed by atoms with Crippen molar-refractivity contribution in [1.82, 2.24) is 9.62 Å². The molecule has 6 nitrogen and oxygen atoms in total. The van der Waals surface area contributed by atoms with Gasteiger partial charge in [0.2, 0.25) is 10.0 Å². The standard InChI is InChI=1S/C19H24N2O4S/c1-24-17-7-9-18(10-8-17)26(22,23)20-11-12-21-13-14-25-19(15-21)16-5-3-2-4-6-16/h2-10,19-20H,11-15H2,1H3/t19-/m0/s1. The molecule has 1 atom stereocenters. The Morgan fingerprint density at radius 3 is 2.58 bits per heavy atom. The number of benzene rings is 2. The first-order chi connectivity index (χ1) is 12.6. The highest BCUT2D eigenvalue weighted by Gasteiger charge is 2.22. The molecule has 1 N–H and O–H groups in total. The normalized spacial score (nSPS) is 18.6. The number of morpholine rings is 1. The lowest BCUT2D eigenvalue weighted by molar-refractivity contribution is -0.0291. The van der Waals surface area contributed by atoms with Gasteiger partial charge >= 0.3 is 0 Å². The number of nitrogens with one attached hydrogen (secondary N) is 1. The zero-order valence-corrected chi connectivity index (χ0v) is 15.6. The third-order valence-corrected chi connectivity index (χ3v) is 5.89. The predicted octanol–water partition coefficient (Wildman–Crippen LogP) is 2.05. The molecule has 1 aliphatic rings. The van der Waals surface area contributed by atoms with Crippen molar-refractivity contribution >= 4 is 10.0 Å². The number of rotatable bonds is 7. The first kappa shape index (κ1) is 18.8. The zero-order chi connectivity index (χ0) is 18.4. The van der Waals surface area contributed by atoms with E-state index >= 15 is 0 Å². The lowest BCUT2D eigenvalue weighted by Gasteiger charge is -2.33. The van der Waals surface area contributed by atoms with Crippen LogP contribution in [0.4, 0.5) is 0 Å². The topological polar surface area (TPSA) is 67.9 Å². The number of methoxy groups -OCH3 is 1. The molecule has 0 unspecified atom stereocenters. The van der Waals surface area contributed by atoms with Gasteiger partial charge in [0, 0.05) is 26.2 Å². The molecule has 7 heteroatoms. The van der Waals surface area contributed by atoms with E-state index in [1.54, 1.807) is 31.4 Å². The Labute approximate surface area is 154 Å². The molecule has 0 amide bonds. The Kier molecular flexibility index (Phi) is 6.26. The van der Waals surface area contributed by atoms with Crippen LogP contribution in [0.25, 0.3) is 0 Å². The molecule has 3 rings (SSSR count). The maximum atomic E-state index is 12.4. The van der Waals surface area contributed by atoms with Crippen molar-refractivity contribution in [2.75, 3.05) is 39.9 Å². The molecule has 1 saturated heterocycles. The van der Waals surface area contributed by atoms with Gasteiger partial charge in [-0.15, -0.1) is 0 Å². The average molecular weight is 376 g/mol. The highest BCUT2D eigenvalue weighted by molar-refractivity contribution is 7.89. The Bertz CT molecular complexity index is 794. The van der Waals surface area contributed by atoms with E-state index in [1.165, 1.54) is 0 Å². The maximum Gasteiger partial charge on any atom is 0.240 e. The molecule has 0 saturated carbocycles. The summed E-state index contributed by atoms with van der Waals surface area (Å²) in [7, 11) is -1.97. The molecule has 1 aliphatic heterocycles. The first-order valence-corrected chi connectivity index (χ1v) is 10.1. The van der Waals surface area contributed by atoms with Gasteiger partial charge in [-0.05, 0) is 29.8 Å². The fraction of sp³-hybridized carbons (Fsp3) is 0.368. The molecule has 1 heterocycles. The van der Waals surface area contributed by atoms with Gasteiger partial charge in [0.05, 0.1) is 24.7 Å². The molecule has 140 valence electrons. The van der Waals surface area contributed by atoms with Crippen molar-refractivity contribution in [2.45, 2.75) is 11.0 Å². The van der Waals surface area contributed by atoms with Gasteiger partial charge in [-0.2, -0.15) is 0 Å². The highest BCUT2D eigenvalue weighted by Crippen LogP contribution is 2.21. The first-order valence-electron chi connectivity index (χ1n) is 8.61. The molecule has 0 bridgehead atoms. The summed E-state index contributed by atoms with van der Waals surface area (Å²) in [5, 5.41) is 0. The maximum absolute atomic E-state index is 12.4. The summed E-state index contributed by atoms with van der Waals surface area (Å²) in [6.07, 6.45) is 0.0307. The lowest BCUT2D eigenvalue weighted by atomic mass is 10.1. The van der Waals surface area contributed by atoms with Crippen molar-refractivity contribution in [3.63, 3.8) is 0 Å². The van der Waals surface area contributed by atoms with Crippen molar-refractivity contribution < 1.29 is 17.9 Å². The van der Waals surface area contributed by atoms with Crippen molar-refractivity contribution in [1.29, 1.82) is 0 Å². The minimum atomic E-state index is -3.52. The summed E-state index contributed by atoms with van der Waals surface area (Å²) in [4.78, 5) is 2.46. The van der Waals surface area contributed by atoms with Crippen LogP contribution in [0.1, 0.15) is 11.7 Å². The van der Waals surface area contributed by atoms with E-state index in [2.05, 4.69) is 21.8 Å². The number of sulfonamides is 1. The molecule has 2 aromatic rings. The molecule has 0 aromatic heterocycles. The van der Waals surface area contributed by atoms with Gasteiger partial charge in [0.25, 0.3) is 0 Å². The van der Waals surface area contributed by atoms with E-state index in [9.17, 15) is 8.42 Å². The summed E-state index contributed by atoms with van der Waals surface area (Å²) in [6, 6.07) is 16.5. The summed E-state index contributed by atoms with van der Waals surface area (Å²) in [5.41, 5.74) is 1.15. The average Bonchev–Trinajstić information content (AvgIpc) is 2.69. The van der Waals surface area contributed by atoms with Crippen LogP contribution in [0.3, 0.4) is 0 Å². The smallest absolute Gasteiger partial charge is 0.240 e. The number of hydrogen-bond donors (Lipinski definition) is 1. The monoisotopic (exact) mass is 376 g/mol. The number of hydrogen-bond acceptors (Lipinski definition) is 5. The minimum absolute atomic E-state index is 0.0307. The zero-order valence-electron chi connectivity index (χ0n) is 14.8. The van der Waals surface area contributed by atoms with Crippen LogP contribution in [0.2, 0.25) is 0 Å². The van der Waals surface area contributed by atoms with Gasteiger partial charge in [-0.3, -0.25) is 4.90 Å². The van der Waals surface area contributed by atoms with Crippen molar-refractivity contribution in [3.05, 3.63) is 60.2 Å². The van der Waals surface area contributed by atoms with Crippen LogP contribution in [-0.2, 0) is 14.8 Å². The molecular weight excluding hydrogens is 352 g/mol. The van der Waals surface area contributed by atoms with Crippen molar-refractivity contribution in [3.8, 4) is 5.75 Å². The van der Waals surface area contributed by atoms with E-state index in [0.717, 1.165) is 18.7 Å². The summed E-state index contributed by atoms with van der Waals surface area (Å²) >= 11 is 0. The molecule has 2 aromatic carbocycles. The number of ether oxygens (including phenoxy) is 2. The summed E-state index contributed by atoms with van der Waals surface area (Å²) in [5.74, 6) is 0.629. The predicted molar refractivity (Wildman–Crippen MR) is 99.8 cm³/mol. The summed E-state index contributed by atoms with van der Waals surface area (Å²) < 4.78 is 38.3.